The van der Waals surface area contributed by atoms with Crippen LogP contribution in [0.25, 0.3) is 22.3 Å². The maximum atomic E-state index is 13.3. The van der Waals surface area contributed by atoms with Gasteiger partial charge in [0.25, 0.3) is 5.91 Å². The van der Waals surface area contributed by atoms with Crippen LogP contribution in [0.1, 0.15) is 34.5 Å². The molecular weight excluding hydrogens is 428 g/mol. The summed E-state index contributed by atoms with van der Waals surface area (Å²) in [5, 5.41) is 8.32. The zero-order valence-electron chi connectivity index (χ0n) is 19.5. The maximum Gasteiger partial charge on any atom is 0.252 e. The fraction of sp³-hybridized carbons (Fsp3) is 0.296. The van der Waals surface area contributed by atoms with Gasteiger partial charge in [-0.25, -0.2) is 4.98 Å². The monoisotopic (exact) mass is 456 g/mol. The molecule has 1 aliphatic heterocycles. The Kier molecular flexibility index (Phi) is 6.27. The number of ether oxygens (including phenoxy) is 2. The van der Waals surface area contributed by atoms with E-state index in [1.807, 2.05) is 74.6 Å². The highest BCUT2D eigenvalue weighted by molar-refractivity contribution is 6.07. The summed E-state index contributed by atoms with van der Waals surface area (Å²) in [6, 6.07) is 19.5. The highest BCUT2D eigenvalue weighted by atomic mass is 16.5. The van der Waals surface area contributed by atoms with Crippen molar-refractivity contribution in [2.75, 3.05) is 13.2 Å². The number of pyridine rings is 1. The summed E-state index contributed by atoms with van der Waals surface area (Å²) < 4.78 is 13.2. The number of fused-ring (bicyclic) bond motifs is 1. The van der Waals surface area contributed by atoms with Crippen LogP contribution in [0.5, 0.6) is 5.75 Å². The van der Waals surface area contributed by atoms with Crippen molar-refractivity contribution in [3.05, 3.63) is 77.5 Å². The van der Waals surface area contributed by atoms with Gasteiger partial charge in [0.1, 0.15) is 12.4 Å². The summed E-state index contributed by atoms with van der Waals surface area (Å²) in [5.41, 5.74) is 4.74. The first kappa shape index (κ1) is 22.1. The fourth-order valence-electron chi connectivity index (χ4n) is 4.33. The van der Waals surface area contributed by atoms with Crippen molar-refractivity contribution in [2.24, 2.45) is 7.05 Å². The molecule has 0 saturated carbocycles. The molecule has 1 N–H and O–H groups in total. The summed E-state index contributed by atoms with van der Waals surface area (Å²) in [6.45, 7) is 3.71. The molecule has 0 aliphatic carbocycles. The normalized spacial score (nSPS) is 15.5. The molecule has 1 atom stereocenters. The lowest BCUT2D eigenvalue weighted by atomic mass is 10.0. The molecule has 7 heteroatoms. The molecule has 174 valence electrons. The molecule has 0 bridgehead atoms. The third-order valence-corrected chi connectivity index (χ3v) is 6.12. The second-order valence-electron chi connectivity index (χ2n) is 8.60. The second kappa shape index (κ2) is 9.65. The van der Waals surface area contributed by atoms with Crippen molar-refractivity contribution in [1.29, 1.82) is 0 Å². The lowest BCUT2D eigenvalue weighted by molar-refractivity contribution is 0.0679. The van der Waals surface area contributed by atoms with E-state index >= 15 is 0 Å². The van der Waals surface area contributed by atoms with E-state index in [0.717, 1.165) is 53.1 Å². The Labute approximate surface area is 198 Å². The number of carbonyl (C=O) groups excluding carboxylic acids is 1. The molecule has 1 saturated heterocycles. The van der Waals surface area contributed by atoms with Gasteiger partial charge < -0.3 is 14.8 Å². The standard InChI is InChI=1S/C27H28N4O3/c1-18-25-23(15-24(20-7-4-3-5-8-20)29-26(25)31(2)30-18)27(32)28-16-19-10-12-21(13-11-19)34-17-22-9-6-14-33-22/h3-5,7-8,10-13,15,22H,6,9,14,16-17H2,1-2H3,(H,28,32). The van der Waals surface area contributed by atoms with Crippen molar-refractivity contribution in [2.45, 2.75) is 32.4 Å². The Bertz CT molecular complexity index is 1290. The smallest absolute Gasteiger partial charge is 0.252 e. The van der Waals surface area contributed by atoms with Gasteiger partial charge in [-0.3, -0.25) is 9.48 Å². The minimum atomic E-state index is -0.153. The van der Waals surface area contributed by atoms with Crippen LogP contribution in [-0.4, -0.2) is 40.0 Å². The Morgan fingerprint density at radius 3 is 2.71 bits per heavy atom. The maximum absolute atomic E-state index is 13.3. The zero-order chi connectivity index (χ0) is 23.5. The summed E-state index contributed by atoms with van der Waals surface area (Å²) in [6.07, 6.45) is 2.34. The number of nitrogens with one attached hydrogen (secondary N) is 1. The van der Waals surface area contributed by atoms with E-state index < -0.39 is 0 Å². The predicted molar refractivity (Wildman–Crippen MR) is 131 cm³/mol. The van der Waals surface area contributed by atoms with Crippen molar-refractivity contribution >= 4 is 16.9 Å². The highest BCUT2D eigenvalue weighted by Gasteiger charge is 2.19. The molecule has 0 radical (unpaired) electrons. The highest BCUT2D eigenvalue weighted by Crippen LogP contribution is 2.27. The van der Waals surface area contributed by atoms with Crippen LogP contribution in [0.4, 0.5) is 0 Å². The minimum absolute atomic E-state index is 0.153. The van der Waals surface area contributed by atoms with Gasteiger partial charge in [0, 0.05) is 25.8 Å². The van der Waals surface area contributed by atoms with Crippen LogP contribution in [-0.2, 0) is 18.3 Å². The molecule has 3 heterocycles. The first-order chi connectivity index (χ1) is 16.6. The van der Waals surface area contributed by atoms with Crippen LogP contribution in [0.3, 0.4) is 0 Å². The number of aromatic nitrogens is 3. The van der Waals surface area contributed by atoms with E-state index in [9.17, 15) is 4.79 Å². The minimum Gasteiger partial charge on any atom is -0.491 e. The van der Waals surface area contributed by atoms with Crippen LogP contribution in [0.15, 0.2) is 60.7 Å². The van der Waals surface area contributed by atoms with Crippen LogP contribution >= 0.6 is 0 Å². The zero-order valence-corrected chi connectivity index (χ0v) is 19.5. The quantitative estimate of drug-likeness (QED) is 0.445. The largest absolute Gasteiger partial charge is 0.491 e. The number of aryl methyl sites for hydroxylation is 2. The van der Waals surface area contributed by atoms with E-state index in [1.165, 1.54) is 0 Å². The number of carbonyl (C=O) groups is 1. The molecule has 2 aromatic carbocycles. The predicted octanol–water partition coefficient (Wildman–Crippen LogP) is 4.43. The van der Waals surface area contributed by atoms with Gasteiger partial charge in [-0.15, -0.1) is 0 Å². The Morgan fingerprint density at radius 2 is 1.97 bits per heavy atom. The molecule has 0 spiro atoms. The van der Waals surface area contributed by atoms with E-state index in [0.29, 0.717) is 24.4 Å². The first-order valence-electron chi connectivity index (χ1n) is 11.6. The van der Waals surface area contributed by atoms with E-state index in [-0.39, 0.29) is 12.0 Å². The molecule has 1 unspecified atom stereocenters. The van der Waals surface area contributed by atoms with Gasteiger partial charge in [0.15, 0.2) is 5.65 Å². The van der Waals surface area contributed by atoms with Gasteiger partial charge >= 0.3 is 0 Å². The first-order valence-corrected chi connectivity index (χ1v) is 11.6. The molecule has 5 rings (SSSR count). The Hall–Kier alpha value is -3.71. The molecular formula is C27H28N4O3. The molecule has 7 nitrogen and oxygen atoms in total. The third-order valence-electron chi connectivity index (χ3n) is 6.12. The molecule has 34 heavy (non-hydrogen) atoms. The van der Waals surface area contributed by atoms with Crippen LogP contribution in [0, 0.1) is 6.92 Å². The van der Waals surface area contributed by atoms with Gasteiger partial charge in [0.2, 0.25) is 0 Å². The number of nitrogens with zero attached hydrogens (tertiary/aromatic N) is 3. The number of rotatable bonds is 7. The van der Waals surface area contributed by atoms with Crippen LogP contribution in [0.2, 0.25) is 0 Å². The molecule has 4 aromatic rings. The van der Waals surface area contributed by atoms with Gasteiger partial charge in [-0.05, 0) is 43.5 Å². The molecule has 1 fully saturated rings. The summed E-state index contributed by atoms with van der Waals surface area (Å²) >= 11 is 0. The van der Waals surface area contributed by atoms with Crippen molar-refractivity contribution in [3.63, 3.8) is 0 Å². The van der Waals surface area contributed by atoms with Gasteiger partial charge in [0.05, 0.1) is 28.4 Å². The average molecular weight is 457 g/mol. The van der Waals surface area contributed by atoms with Gasteiger partial charge in [-0.1, -0.05) is 42.5 Å². The SMILES string of the molecule is Cc1nn(C)c2nc(-c3ccccc3)cc(C(=O)NCc3ccc(OCC4CCCO4)cc3)c12. The number of amides is 1. The van der Waals surface area contributed by atoms with Crippen molar-refractivity contribution < 1.29 is 14.3 Å². The topological polar surface area (TPSA) is 78.3 Å². The van der Waals surface area contributed by atoms with Gasteiger partial charge in [-0.2, -0.15) is 5.10 Å². The van der Waals surface area contributed by atoms with Crippen molar-refractivity contribution in [1.82, 2.24) is 20.1 Å². The molecule has 1 aliphatic rings. The molecule has 2 aromatic heterocycles. The number of hydrogen-bond acceptors (Lipinski definition) is 5. The average Bonchev–Trinajstić information content (AvgIpc) is 3.49. The Balaban J connectivity index is 1.32. The van der Waals surface area contributed by atoms with E-state index in [2.05, 4.69) is 10.4 Å². The van der Waals surface area contributed by atoms with E-state index in [4.69, 9.17) is 14.5 Å². The third kappa shape index (κ3) is 4.65. The Morgan fingerprint density at radius 1 is 1.18 bits per heavy atom. The lowest BCUT2D eigenvalue weighted by Gasteiger charge is -2.12. The summed E-state index contributed by atoms with van der Waals surface area (Å²) in [7, 11) is 1.85. The fourth-order valence-corrected chi connectivity index (χ4v) is 4.33. The summed E-state index contributed by atoms with van der Waals surface area (Å²) in [4.78, 5) is 18.1. The number of hydrogen-bond donors (Lipinski definition) is 1. The molecule has 1 amide bonds. The summed E-state index contributed by atoms with van der Waals surface area (Å²) in [5.74, 6) is 0.652. The lowest BCUT2D eigenvalue weighted by Crippen LogP contribution is -2.23. The van der Waals surface area contributed by atoms with E-state index in [1.54, 1.807) is 4.68 Å². The van der Waals surface area contributed by atoms with Crippen LogP contribution < -0.4 is 10.1 Å². The second-order valence-corrected chi connectivity index (χ2v) is 8.60. The number of benzene rings is 2. The van der Waals surface area contributed by atoms with Crippen molar-refractivity contribution in [3.8, 4) is 17.0 Å².